The molecule has 5 heteroatoms. The Bertz CT molecular complexity index is 798. The van der Waals surface area contributed by atoms with Crippen molar-refractivity contribution in [3.63, 3.8) is 0 Å². The van der Waals surface area contributed by atoms with Crippen LogP contribution >= 0.6 is 23.1 Å². The second kappa shape index (κ2) is 8.13. The average molecular weight is 355 g/mol. The Labute approximate surface area is 150 Å². The van der Waals surface area contributed by atoms with E-state index < -0.39 is 0 Å². The molecule has 24 heavy (non-hydrogen) atoms. The fourth-order valence-electron chi connectivity index (χ4n) is 2.16. The molecule has 0 atom stereocenters. The van der Waals surface area contributed by atoms with Gasteiger partial charge in [-0.3, -0.25) is 4.79 Å². The molecule has 0 aliphatic rings. The first-order valence-electron chi connectivity index (χ1n) is 7.71. The third-order valence-corrected chi connectivity index (χ3v) is 5.47. The molecule has 3 nitrogen and oxygen atoms in total. The van der Waals surface area contributed by atoms with Crippen LogP contribution in [0.2, 0.25) is 0 Å². The summed E-state index contributed by atoms with van der Waals surface area (Å²) in [6.07, 6.45) is 0.471. The lowest BCUT2D eigenvalue weighted by atomic mass is 10.2. The third kappa shape index (κ3) is 4.69. The summed E-state index contributed by atoms with van der Waals surface area (Å²) in [5, 5.41) is 4.98. The van der Waals surface area contributed by atoms with Gasteiger partial charge < -0.3 is 5.32 Å². The molecule has 0 aliphatic carbocycles. The van der Waals surface area contributed by atoms with E-state index in [1.54, 1.807) is 23.1 Å². The van der Waals surface area contributed by atoms with Crippen molar-refractivity contribution in [3.8, 4) is 11.3 Å². The van der Waals surface area contributed by atoms with Gasteiger partial charge in [0, 0.05) is 28.8 Å². The summed E-state index contributed by atoms with van der Waals surface area (Å²) in [4.78, 5) is 16.6. The largest absolute Gasteiger partial charge is 0.326 e. The first kappa shape index (κ1) is 16.7. The number of nitrogens with zero attached hydrogens (tertiary/aromatic N) is 1. The van der Waals surface area contributed by atoms with Crippen LogP contribution in [-0.4, -0.2) is 16.6 Å². The molecule has 0 bridgehead atoms. The molecule has 0 fully saturated rings. The van der Waals surface area contributed by atoms with Gasteiger partial charge in [0.15, 0.2) is 4.34 Å². The molecular formula is C19H18N2OS2. The molecule has 2 aromatic carbocycles. The van der Waals surface area contributed by atoms with E-state index >= 15 is 0 Å². The molecule has 0 saturated heterocycles. The molecule has 3 aromatic rings. The number of anilines is 1. The Hall–Kier alpha value is -2.11. The highest BCUT2D eigenvalue weighted by molar-refractivity contribution is 8.01. The third-order valence-electron chi connectivity index (χ3n) is 3.44. The number of nitrogens with one attached hydrogen (secondary N) is 1. The predicted octanol–water partition coefficient (Wildman–Crippen LogP) is 5.24. The Morgan fingerprint density at radius 3 is 2.62 bits per heavy atom. The molecule has 0 radical (unpaired) electrons. The van der Waals surface area contributed by atoms with E-state index in [0.29, 0.717) is 6.42 Å². The molecule has 1 aromatic heterocycles. The van der Waals surface area contributed by atoms with Crippen molar-refractivity contribution in [1.29, 1.82) is 0 Å². The van der Waals surface area contributed by atoms with E-state index in [1.807, 2.05) is 49.4 Å². The van der Waals surface area contributed by atoms with Gasteiger partial charge in [-0.25, -0.2) is 4.98 Å². The smallest absolute Gasteiger partial charge is 0.225 e. The van der Waals surface area contributed by atoms with E-state index in [-0.39, 0.29) is 5.91 Å². The van der Waals surface area contributed by atoms with E-state index in [0.717, 1.165) is 27.0 Å². The molecule has 0 unspecified atom stereocenters. The lowest BCUT2D eigenvalue weighted by molar-refractivity contribution is -0.115. The molecule has 1 heterocycles. The van der Waals surface area contributed by atoms with Crippen molar-refractivity contribution in [1.82, 2.24) is 4.98 Å². The highest BCUT2D eigenvalue weighted by Crippen LogP contribution is 2.28. The van der Waals surface area contributed by atoms with Crippen molar-refractivity contribution in [2.75, 3.05) is 11.1 Å². The average Bonchev–Trinajstić information content (AvgIpc) is 3.07. The van der Waals surface area contributed by atoms with Crippen molar-refractivity contribution in [3.05, 3.63) is 65.5 Å². The summed E-state index contributed by atoms with van der Waals surface area (Å²) in [6, 6.07) is 18.0. The van der Waals surface area contributed by atoms with Crippen LogP contribution in [0.5, 0.6) is 0 Å². The van der Waals surface area contributed by atoms with Crippen LogP contribution in [0.3, 0.4) is 0 Å². The van der Waals surface area contributed by atoms with Gasteiger partial charge in [-0.1, -0.05) is 59.8 Å². The zero-order valence-corrected chi connectivity index (χ0v) is 15.0. The van der Waals surface area contributed by atoms with Gasteiger partial charge in [0.05, 0.1) is 5.69 Å². The Morgan fingerprint density at radius 1 is 1.12 bits per heavy atom. The molecule has 3 rings (SSSR count). The van der Waals surface area contributed by atoms with Crippen molar-refractivity contribution in [2.45, 2.75) is 17.7 Å². The minimum atomic E-state index is 0.0335. The van der Waals surface area contributed by atoms with Gasteiger partial charge >= 0.3 is 0 Å². The molecule has 0 spiro atoms. The van der Waals surface area contributed by atoms with Crippen LogP contribution in [0, 0.1) is 6.92 Å². The number of carbonyl (C=O) groups excluding carboxylic acids is 1. The number of aromatic nitrogens is 1. The number of hydrogen-bond donors (Lipinski definition) is 1. The minimum absolute atomic E-state index is 0.0335. The Kier molecular flexibility index (Phi) is 5.67. The summed E-state index contributed by atoms with van der Waals surface area (Å²) >= 11 is 3.25. The number of carbonyl (C=O) groups is 1. The van der Waals surface area contributed by atoms with Gasteiger partial charge in [-0.05, 0) is 19.1 Å². The van der Waals surface area contributed by atoms with Crippen LogP contribution in [0.25, 0.3) is 11.3 Å². The fourth-order valence-corrected chi connectivity index (χ4v) is 4.00. The SMILES string of the molecule is Cc1ccc(NC(=O)CCSc2nc(-c3ccccc3)cs2)cc1. The molecule has 1 N–H and O–H groups in total. The highest BCUT2D eigenvalue weighted by Gasteiger charge is 2.07. The van der Waals surface area contributed by atoms with Crippen molar-refractivity contribution >= 4 is 34.7 Å². The number of benzene rings is 2. The Morgan fingerprint density at radius 2 is 1.88 bits per heavy atom. The number of amides is 1. The fraction of sp³-hybridized carbons (Fsp3) is 0.158. The summed E-state index contributed by atoms with van der Waals surface area (Å²) in [5.74, 6) is 0.755. The maximum atomic E-state index is 12.0. The van der Waals surface area contributed by atoms with Crippen LogP contribution in [0.15, 0.2) is 64.3 Å². The van der Waals surface area contributed by atoms with E-state index in [4.69, 9.17) is 0 Å². The maximum absolute atomic E-state index is 12.0. The zero-order valence-electron chi connectivity index (χ0n) is 13.4. The lowest BCUT2D eigenvalue weighted by Crippen LogP contribution is -2.12. The molecule has 0 aliphatic heterocycles. The van der Waals surface area contributed by atoms with E-state index in [9.17, 15) is 4.79 Å². The normalized spacial score (nSPS) is 10.5. The second-order valence-electron chi connectivity index (χ2n) is 5.38. The topological polar surface area (TPSA) is 42.0 Å². The zero-order chi connectivity index (χ0) is 16.8. The molecule has 122 valence electrons. The first-order valence-corrected chi connectivity index (χ1v) is 9.57. The molecular weight excluding hydrogens is 336 g/mol. The van der Waals surface area contributed by atoms with Crippen LogP contribution in [0.1, 0.15) is 12.0 Å². The van der Waals surface area contributed by atoms with Gasteiger partial charge in [0.25, 0.3) is 0 Å². The van der Waals surface area contributed by atoms with Crippen molar-refractivity contribution in [2.24, 2.45) is 0 Å². The van der Waals surface area contributed by atoms with Gasteiger partial charge in [0.1, 0.15) is 0 Å². The number of hydrogen-bond acceptors (Lipinski definition) is 4. The second-order valence-corrected chi connectivity index (χ2v) is 7.58. The molecule has 0 saturated carbocycles. The van der Waals surface area contributed by atoms with Gasteiger partial charge in [0.2, 0.25) is 5.91 Å². The van der Waals surface area contributed by atoms with Gasteiger partial charge in [-0.2, -0.15) is 0 Å². The summed E-state index contributed by atoms with van der Waals surface area (Å²) in [7, 11) is 0. The van der Waals surface area contributed by atoms with Gasteiger partial charge in [-0.15, -0.1) is 11.3 Å². The Balaban J connectivity index is 1.47. The van der Waals surface area contributed by atoms with Crippen LogP contribution in [0.4, 0.5) is 5.69 Å². The van der Waals surface area contributed by atoms with Crippen LogP contribution < -0.4 is 5.32 Å². The number of thiazole rings is 1. The first-order chi connectivity index (χ1) is 11.7. The number of thioether (sulfide) groups is 1. The van der Waals surface area contributed by atoms with Crippen molar-refractivity contribution < 1.29 is 4.79 Å². The minimum Gasteiger partial charge on any atom is -0.326 e. The lowest BCUT2D eigenvalue weighted by Gasteiger charge is -2.04. The predicted molar refractivity (Wildman–Crippen MR) is 103 cm³/mol. The quantitative estimate of drug-likeness (QED) is 0.616. The van der Waals surface area contributed by atoms with E-state index in [2.05, 4.69) is 27.8 Å². The summed E-state index contributed by atoms with van der Waals surface area (Å²) in [5.41, 5.74) is 4.14. The van der Waals surface area contributed by atoms with E-state index in [1.165, 1.54) is 5.56 Å². The van der Waals surface area contributed by atoms with Crippen LogP contribution in [-0.2, 0) is 4.79 Å². The monoisotopic (exact) mass is 354 g/mol. The molecule has 1 amide bonds. The number of rotatable bonds is 6. The summed E-state index contributed by atoms with van der Waals surface area (Å²) < 4.78 is 0.997. The maximum Gasteiger partial charge on any atom is 0.225 e. The number of aryl methyl sites for hydroxylation is 1. The summed E-state index contributed by atoms with van der Waals surface area (Å²) in [6.45, 7) is 2.03. The standard InChI is InChI=1S/C19H18N2OS2/c1-14-7-9-16(10-8-14)20-18(22)11-12-23-19-21-17(13-24-19)15-5-3-2-4-6-15/h2-10,13H,11-12H2,1H3,(H,20,22). The highest BCUT2D eigenvalue weighted by atomic mass is 32.2.